The molecule has 118 valence electrons. The van der Waals surface area contributed by atoms with Gasteiger partial charge in [-0.05, 0) is 19.9 Å². The number of aromatic nitrogens is 2. The molecule has 21 heavy (non-hydrogen) atoms. The summed E-state index contributed by atoms with van der Waals surface area (Å²) in [5.74, 6) is 0.194. The molecule has 1 fully saturated rings. The van der Waals surface area contributed by atoms with Gasteiger partial charge in [0.2, 0.25) is 0 Å². The Morgan fingerprint density at radius 3 is 2.48 bits per heavy atom. The van der Waals surface area contributed by atoms with Crippen LogP contribution in [0.4, 0.5) is 5.82 Å². The van der Waals surface area contributed by atoms with E-state index in [-0.39, 0.29) is 11.6 Å². The average Bonchev–Trinajstić information content (AvgIpc) is 2.66. The summed E-state index contributed by atoms with van der Waals surface area (Å²) in [5, 5.41) is 28.7. The third-order valence-electron chi connectivity index (χ3n) is 2.36. The Hall–Kier alpha value is -2.01. The Bertz CT molecular complexity index is 544. The molecular weight excluding hydrogens is 284 g/mol. The fourth-order valence-corrected chi connectivity index (χ4v) is 1.47. The Kier molecular flexibility index (Phi) is 5.79. The monoisotopic (exact) mass is 302 g/mol. The third kappa shape index (κ3) is 4.23. The molecule has 1 aromatic heterocycles. The molecule has 0 bridgehead atoms. The van der Waals surface area contributed by atoms with Crippen LogP contribution in [0.25, 0.3) is 0 Å². The first kappa shape index (κ1) is 17.0. The number of anilines is 1. The van der Waals surface area contributed by atoms with E-state index in [1.807, 2.05) is 0 Å². The van der Waals surface area contributed by atoms with E-state index in [4.69, 9.17) is 15.7 Å². The van der Waals surface area contributed by atoms with Crippen molar-refractivity contribution in [3.05, 3.63) is 22.7 Å². The fourth-order valence-electron chi connectivity index (χ4n) is 1.47. The number of hydroxylamine groups is 1. The second-order valence-corrected chi connectivity index (χ2v) is 4.42. The van der Waals surface area contributed by atoms with Crippen LogP contribution < -0.4 is 16.6 Å². The van der Waals surface area contributed by atoms with Crippen LogP contribution in [0.1, 0.15) is 13.8 Å². The number of aliphatic hydroxyl groups is 3. The van der Waals surface area contributed by atoms with E-state index in [0.717, 1.165) is 9.85 Å². The number of nitrogens with zero attached hydrogens (tertiary/aromatic N) is 3. The predicted octanol–water partition coefficient (Wildman–Crippen LogP) is -2.66. The van der Waals surface area contributed by atoms with Gasteiger partial charge < -0.3 is 25.8 Å². The Labute approximate surface area is 119 Å². The minimum atomic E-state index is -1.48. The maximum Gasteiger partial charge on any atom is 0.370 e. The highest BCUT2D eigenvalue weighted by Gasteiger charge is 2.42. The Morgan fingerprint density at radius 2 is 2.05 bits per heavy atom. The predicted molar refractivity (Wildman–Crippen MR) is 71.5 cm³/mol. The zero-order chi connectivity index (χ0) is 16.2. The van der Waals surface area contributed by atoms with E-state index in [2.05, 4.69) is 4.98 Å². The van der Waals surface area contributed by atoms with Crippen molar-refractivity contribution < 1.29 is 25.0 Å². The molecule has 0 aromatic carbocycles. The summed E-state index contributed by atoms with van der Waals surface area (Å²) in [6, 6.07) is 1.33. The Morgan fingerprint density at radius 1 is 1.48 bits per heavy atom. The van der Waals surface area contributed by atoms with Gasteiger partial charge in [-0.2, -0.15) is 14.8 Å². The summed E-state index contributed by atoms with van der Waals surface area (Å²) in [6.07, 6.45) is -2.57. The van der Waals surface area contributed by atoms with E-state index < -0.39 is 30.7 Å². The van der Waals surface area contributed by atoms with Crippen molar-refractivity contribution in [2.75, 3.05) is 17.5 Å². The molecule has 0 aliphatic carbocycles. The molecule has 0 spiro atoms. The summed E-state index contributed by atoms with van der Waals surface area (Å²) >= 11 is 0. The lowest BCUT2D eigenvalue weighted by Crippen LogP contribution is -2.47. The standard InChI is InChI=1S/C8H12N4O5.C3H6O/c9-5-1-2-11(8(16)10-5)12-7(15)6(14)4(3-13)17-12;1-3(2)4/h1-2,4,6-7,13-15H,3H2,(H2,9,10,16);1-2H3/t4-,6-,7-;/m1./s1. The molecule has 1 aromatic rings. The van der Waals surface area contributed by atoms with E-state index in [1.165, 1.54) is 26.1 Å². The van der Waals surface area contributed by atoms with Crippen molar-refractivity contribution in [1.29, 1.82) is 0 Å². The zero-order valence-corrected chi connectivity index (χ0v) is 11.6. The lowest BCUT2D eigenvalue weighted by Gasteiger charge is -2.21. The van der Waals surface area contributed by atoms with E-state index in [1.54, 1.807) is 0 Å². The number of carbonyl (C=O) groups excluding carboxylic acids is 1. The zero-order valence-electron chi connectivity index (χ0n) is 11.6. The summed E-state index contributed by atoms with van der Waals surface area (Å²) in [7, 11) is 0. The van der Waals surface area contributed by atoms with Crippen molar-refractivity contribution in [3.8, 4) is 0 Å². The molecule has 2 heterocycles. The molecule has 5 N–H and O–H groups in total. The molecule has 1 aliphatic rings. The van der Waals surface area contributed by atoms with Gasteiger partial charge in [-0.25, -0.2) is 9.63 Å². The third-order valence-corrected chi connectivity index (χ3v) is 2.36. The van der Waals surface area contributed by atoms with Crippen LogP contribution in [0.2, 0.25) is 0 Å². The van der Waals surface area contributed by atoms with Gasteiger partial charge in [0.1, 0.15) is 23.8 Å². The average molecular weight is 302 g/mol. The number of hydrogen-bond acceptors (Lipinski definition) is 9. The fraction of sp³-hybridized carbons (Fsp3) is 0.545. The molecule has 10 nitrogen and oxygen atoms in total. The van der Waals surface area contributed by atoms with Crippen molar-refractivity contribution >= 4 is 11.6 Å². The minimum absolute atomic E-state index is 0.0270. The topological polar surface area (TPSA) is 151 Å². The Balaban J connectivity index is 0.000000491. The van der Waals surface area contributed by atoms with Crippen LogP contribution in [-0.2, 0) is 9.63 Å². The van der Waals surface area contributed by atoms with Gasteiger partial charge >= 0.3 is 5.69 Å². The van der Waals surface area contributed by atoms with Gasteiger partial charge in [0.05, 0.1) is 6.61 Å². The number of aliphatic hydroxyl groups excluding tert-OH is 3. The number of rotatable bonds is 2. The summed E-state index contributed by atoms with van der Waals surface area (Å²) in [4.78, 5) is 29.4. The van der Waals surface area contributed by atoms with Crippen LogP contribution >= 0.6 is 0 Å². The van der Waals surface area contributed by atoms with Crippen molar-refractivity contribution in [3.63, 3.8) is 0 Å². The highest BCUT2D eigenvalue weighted by molar-refractivity contribution is 5.72. The second kappa shape index (κ2) is 7.13. The summed E-state index contributed by atoms with van der Waals surface area (Å²) in [5.41, 5.74) is 4.54. The van der Waals surface area contributed by atoms with Gasteiger partial charge in [-0.15, -0.1) is 0 Å². The van der Waals surface area contributed by atoms with Crippen molar-refractivity contribution in [2.45, 2.75) is 32.3 Å². The van der Waals surface area contributed by atoms with Crippen LogP contribution in [0.5, 0.6) is 0 Å². The number of hydrogen-bond donors (Lipinski definition) is 4. The first-order chi connectivity index (χ1) is 9.77. The second-order valence-electron chi connectivity index (χ2n) is 4.42. The van der Waals surface area contributed by atoms with Crippen LogP contribution in [0.15, 0.2) is 17.1 Å². The van der Waals surface area contributed by atoms with E-state index >= 15 is 0 Å². The quantitative estimate of drug-likeness (QED) is 0.459. The number of Topliss-reactive ketones (excluding diaryl/α,β-unsaturated/α-hetero) is 1. The summed E-state index contributed by atoms with van der Waals surface area (Å²) in [6.45, 7) is 2.56. The van der Waals surface area contributed by atoms with Crippen LogP contribution in [0.3, 0.4) is 0 Å². The van der Waals surface area contributed by atoms with Gasteiger partial charge in [-0.3, -0.25) is 0 Å². The highest BCUT2D eigenvalue weighted by atomic mass is 16.8. The van der Waals surface area contributed by atoms with Crippen LogP contribution in [0, 0.1) is 0 Å². The number of nitrogen functional groups attached to an aromatic ring is 1. The SMILES string of the molecule is CC(C)=O.Nc1ccn(N2O[C@H](CO)[C@@H](O)[C@H]2O)c(=O)n1. The molecule has 2 rings (SSSR count). The van der Waals surface area contributed by atoms with E-state index in [9.17, 15) is 19.8 Å². The highest BCUT2D eigenvalue weighted by Crippen LogP contribution is 2.17. The number of carbonyl (C=O) groups is 1. The molecule has 0 amide bonds. The molecule has 3 atom stereocenters. The lowest BCUT2D eigenvalue weighted by molar-refractivity contribution is -0.114. The number of ketones is 1. The molecule has 1 saturated heterocycles. The van der Waals surface area contributed by atoms with Gasteiger partial charge in [0.15, 0.2) is 6.23 Å². The van der Waals surface area contributed by atoms with E-state index in [0.29, 0.717) is 0 Å². The van der Waals surface area contributed by atoms with Crippen molar-refractivity contribution in [1.82, 2.24) is 9.66 Å². The molecule has 0 radical (unpaired) electrons. The van der Waals surface area contributed by atoms with Gasteiger partial charge in [0, 0.05) is 6.20 Å². The van der Waals surface area contributed by atoms with Crippen molar-refractivity contribution in [2.24, 2.45) is 0 Å². The smallest absolute Gasteiger partial charge is 0.370 e. The first-order valence-electron chi connectivity index (χ1n) is 6.03. The first-order valence-corrected chi connectivity index (χ1v) is 6.03. The maximum atomic E-state index is 11.5. The number of nitrogens with two attached hydrogens (primary N) is 1. The normalized spacial score (nSPS) is 24.4. The molecular formula is C11H18N4O6. The summed E-state index contributed by atoms with van der Waals surface area (Å²) < 4.78 is 0.847. The maximum absolute atomic E-state index is 11.5. The largest absolute Gasteiger partial charge is 0.393 e. The molecule has 0 unspecified atom stereocenters. The molecule has 1 aliphatic heterocycles. The minimum Gasteiger partial charge on any atom is -0.393 e. The molecule has 0 saturated carbocycles. The molecule has 10 heteroatoms. The van der Waals surface area contributed by atoms with Gasteiger partial charge in [0.25, 0.3) is 0 Å². The van der Waals surface area contributed by atoms with Crippen LogP contribution in [-0.4, -0.2) is 55.8 Å². The lowest BCUT2D eigenvalue weighted by atomic mass is 10.2. The van der Waals surface area contributed by atoms with Gasteiger partial charge in [-0.1, -0.05) is 0 Å².